The Morgan fingerprint density at radius 1 is 1.15 bits per heavy atom. The van der Waals surface area contributed by atoms with E-state index < -0.39 is 11.9 Å². The Kier molecular flexibility index (Phi) is 5.84. The van der Waals surface area contributed by atoms with Gasteiger partial charge in [0.15, 0.2) is 5.65 Å². The molecule has 1 aliphatic heterocycles. The molecule has 3 aromatic heterocycles. The molecule has 1 N–H and O–H groups in total. The average Bonchev–Trinajstić information content (AvgIpc) is 3.39. The van der Waals surface area contributed by atoms with Gasteiger partial charge in [-0.25, -0.2) is 9.97 Å². The first-order valence-electron chi connectivity index (χ1n) is 12.5. The number of aliphatic carboxylic acids is 1. The average molecular weight is 457 g/mol. The van der Waals surface area contributed by atoms with E-state index in [9.17, 15) is 9.90 Å². The molecular weight excluding hydrogens is 424 g/mol. The fraction of sp³-hybridized carbons (Fsp3) is 0.429. The molecule has 4 heterocycles. The van der Waals surface area contributed by atoms with Crippen LogP contribution in [0.25, 0.3) is 33.2 Å². The van der Waals surface area contributed by atoms with Crippen LogP contribution in [-0.4, -0.2) is 30.6 Å². The maximum absolute atomic E-state index is 12.5. The number of carboxylic acid groups (broad SMARTS) is 1. The highest BCUT2D eigenvalue weighted by Gasteiger charge is 2.31. The molecule has 1 unspecified atom stereocenters. The molecule has 1 aliphatic rings. The fourth-order valence-electron chi connectivity index (χ4n) is 5.74. The molecule has 0 fully saturated rings. The van der Waals surface area contributed by atoms with Crippen LogP contribution in [0.3, 0.4) is 0 Å². The lowest BCUT2D eigenvalue weighted by molar-refractivity contribution is -0.139. The van der Waals surface area contributed by atoms with Crippen LogP contribution in [0.1, 0.15) is 73.7 Å². The number of aryl methyl sites for hydroxylation is 5. The fourth-order valence-corrected chi connectivity index (χ4v) is 5.74. The molecule has 0 saturated heterocycles. The van der Waals surface area contributed by atoms with E-state index in [1.807, 2.05) is 20.0 Å². The molecule has 0 radical (unpaired) electrons. The van der Waals surface area contributed by atoms with Crippen molar-refractivity contribution < 1.29 is 9.90 Å². The lowest BCUT2D eigenvalue weighted by Gasteiger charge is -2.22. The lowest BCUT2D eigenvalue weighted by Crippen LogP contribution is -2.16. The number of nitrogens with zero attached hydrogens (tertiary/aromatic N) is 4. The van der Waals surface area contributed by atoms with Crippen LogP contribution in [0.5, 0.6) is 0 Å². The van der Waals surface area contributed by atoms with Crippen molar-refractivity contribution in [2.24, 2.45) is 0 Å². The second kappa shape index (κ2) is 8.82. The van der Waals surface area contributed by atoms with E-state index in [0.29, 0.717) is 12.1 Å². The van der Waals surface area contributed by atoms with E-state index in [-0.39, 0.29) is 0 Å². The van der Waals surface area contributed by atoms with Gasteiger partial charge in [0.2, 0.25) is 0 Å². The van der Waals surface area contributed by atoms with Gasteiger partial charge in [0, 0.05) is 41.4 Å². The minimum absolute atomic E-state index is 0.565. The quantitative estimate of drug-likeness (QED) is 0.362. The van der Waals surface area contributed by atoms with E-state index >= 15 is 0 Å². The van der Waals surface area contributed by atoms with Gasteiger partial charge in [0.1, 0.15) is 5.82 Å². The van der Waals surface area contributed by atoms with Gasteiger partial charge < -0.3 is 9.67 Å². The summed E-state index contributed by atoms with van der Waals surface area (Å²) in [4.78, 5) is 27.1. The van der Waals surface area contributed by atoms with Gasteiger partial charge >= 0.3 is 5.97 Å². The summed E-state index contributed by atoms with van der Waals surface area (Å²) < 4.78 is 2.26. The molecule has 0 aliphatic carbocycles. The number of carbonyl (C=O) groups is 1. The number of benzene rings is 1. The van der Waals surface area contributed by atoms with Crippen molar-refractivity contribution in [2.75, 3.05) is 0 Å². The van der Waals surface area contributed by atoms with E-state index in [1.54, 1.807) is 0 Å². The van der Waals surface area contributed by atoms with Gasteiger partial charge in [-0.1, -0.05) is 38.8 Å². The highest BCUT2D eigenvalue weighted by Crippen LogP contribution is 2.43. The summed E-state index contributed by atoms with van der Waals surface area (Å²) in [7, 11) is 0. The molecule has 0 amide bonds. The maximum atomic E-state index is 12.5. The Morgan fingerprint density at radius 2 is 1.97 bits per heavy atom. The van der Waals surface area contributed by atoms with E-state index in [4.69, 9.17) is 15.0 Å². The third-order valence-corrected chi connectivity index (χ3v) is 7.18. The molecular formula is C28H32N4O2. The van der Waals surface area contributed by atoms with E-state index in [2.05, 4.69) is 36.6 Å². The molecule has 5 rings (SSSR count). The molecule has 1 aromatic carbocycles. The lowest BCUT2D eigenvalue weighted by atomic mass is 9.84. The van der Waals surface area contributed by atoms with Crippen LogP contribution >= 0.6 is 0 Å². The molecule has 6 heteroatoms. The molecule has 0 spiro atoms. The molecule has 0 saturated carbocycles. The van der Waals surface area contributed by atoms with Gasteiger partial charge in [0.05, 0.1) is 17.0 Å². The number of hydrogen-bond acceptors (Lipinski definition) is 4. The van der Waals surface area contributed by atoms with E-state index in [0.717, 1.165) is 77.9 Å². The number of rotatable bonds is 7. The number of aromatic nitrogens is 4. The Bertz CT molecular complexity index is 1420. The minimum Gasteiger partial charge on any atom is -0.481 e. The second-order valence-electron chi connectivity index (χ2n) is 9.49. The van der Waals surface area contributed by atoms with E-state index in [1.165, 1.54) is 16.5 Å². The predicted molar refractivity (Wildman–Crippen MR) is 135 cm³/mol. The molecule has 0 bridgehead atoms. The van der Waals surface area contributed by atoms with Crippen LogP contribution in [0, 0.1) is 13.8 Å². The first-order valence-corrected chi connectivity index (χ1v) is 12.5. The largest absolute Gasteiger partial charge is 0.481 e. The van der Waals surface area contributed by atoms with Gasteiger partial charge in [-0.15, -0.1) is 0 Å². The Balaban J connectivity index is 1.94. The molecule has 1 atom stereocenters. The van der Waals surface area contributed by atoms with Crippen molar-refractivity contribution in [3.05, 3.63) is 52.6 Å². The zero-order chi connectivity index (χ0) is 24.0. The summed E-state index contributed by atoms with van der Waals surface area (Å²) in [6.07, 6.45) is 7.25. The van der Waals surface area contributed by atoms with Crippen LogP contribution < -0.4 is 0 Å². The van der Waals surface area contributed by atoms with Crippen molar-refractivity contribution in [2.45, 2.75) is 78.7 Å². The predicted octanol–water partition coefficient (Wildman–Crippen LogP) is 6.13. The zero-order valence-electron chi connectivity index (χ0n) is 20.5. The van der Waals surface area contributed by atoms with Gasteiger partial charge in [-0.3, -0.25) is 9.78 Å². The normalized spacial score (nSPS) is 14.1. The molecule has 6 nitrogen and oxygen atoms in total. The zero-order valence-corrected chi connectivity index (χ0v) is 20.5. The summed E-state index contributed by atoms with van der Waals surface area (Å²) in [5, 5.41) is 11.5. The number of hydrogen-bond donors (Lipinski definition) is 1. The SMILES string of the molecule is CCCc1ccnc2c(-c3c(C(CCC)C(=O)O)c(C)nc4nc5n(c34)CCC5)ccc(C)c12. The van der Waals surface area contributed by atoms with Crippen molar-refractivity contribution in [1.82, 2.24) is 19.5 Å². The molecule has 34 heavy (non-hydrogen) atoms. The summed E-state index contributed by atoms with van der Waals surface area (Å²) in [5.41, 5.74) is 8.60. The Morgan fingerprint density at radius 3 is 2.71 bits per heavy atom. The van der Waals surface area contributed by atoms with Crippen LogP contribution in [0.2, 0.25) is 0 Å². The molecule has 176 valence electrons. The van der Waals surface area contributed by atoms with Crippen molar-refractivity contribution in [3.8, 4) is 11.1 Å². The Labute approximate surface area is 200 Å². The summed E-state index contributed by atoms with van der Waals surface area (Å²) >= 11 is 0. The topological polar surface area (TPSA) is 80.9 Å². The van der Waals surface area contributed by atoms with Crippen molar-refractivity contribution in [1.29, 1.82) is 0 Å². The number of fused-ring (bicyclic) bond motifs is 4. The summed E-state index contributed by atoms with van der Waals surface area (Å²) in [6.45, 7) is 9.17. The minimum atomic E-state index is -0.801. The first kappa shape index (κ1) is 22.5. The monoisotopic (exact) mass is 456 g/mol. The second-order valence-corrected chi connectivity index (χ2v) is 9.49. The van der Waals surface area contributed by atoms with Gasteiger partial charge in [-0.2, -0.15) is 0 Å². The Hall–Kier alpha value is -3.28. The van der Waals surface area contributed by atoms with Crippen LogP contribution in [0.4, 0.5) is 0 Å². The van der Waals surface area contributed by atoms with Crippen LogP contribution in [-0.2, 0) is 24.2 Å². The standard InChI is InChI=1S/C28H32N4O2/c1-5-8-18-13-14-29-25-19(12-11-16(3)22(18)25)24-23(20(9-6-2)28(33)34)17(4)30-27-26(24)32-15-7-10-21(32)31-27/h11-14,20H,5-10,15H2,1-4H3,(H,33,34). The highest BCUT2D eigenvalue weighted by molar-refractivity contribution is 6.05. The third-order valence-electron chi connectivity index (χ3n) is 7.18. The van der Waals surface area contributed by atoms with Crippen molar-refractivity contribution in [3.63, 3.8) is 0 Å². The molecule has 4 aromatic rings. The maximum Gasteiger partial charge on any atom is 0.311 e. The smallest absolute Gasteiger partial charge is 0.311 e. The summed E-state index contributed by atoms with van der Waals surface area (Å²) in [6, 6.07) is 6.39. The highest BCUT2D eigenvalue weighted by atomic mass is 16.4. The van der Waals surface area contributed by atoms with Gasteiger partial charge in [-0.05, 0) is 55.9 Å². The summed E-state index contributed by atoms with van der Waals surface area (Å²) in [5.74, 6) is -0.386. The third kappa shape index (κ3) is 3.47. The number of imidazole rings is 1. The number of pyridine rings is 2. The first-order chi connectivity index (χ1) is 16.5. The van der Waals surface area contributed by atoms with Gasteiger partial charge in [0.25, 0.3) is 0 Å². The van der Waals surface area contributed by atoms with Crippen molar-refractivity contribution >= 4 is 28.0 Å². The van der Waals surface area contributed by atoms with Crippen LogP contribution in [0.15, 0.2) is 24.4 Å². The number of carboxylic acids is 1.